The van der Waals surface area contributed by atoms with Crippen molar-refractivity contribution in [3.05, 3.63) is 36.7 Å². The zero-order valence-corrected chi connectivity index (χ0v) is 27.7. The van der Waals surface area contributed by atoms with Crippen LogP contribution in [0.5, 0.6) is 0 Å². The molecule has 0 radical (unpaired) electrons. The van der Waals surface area contributed by atoms with Gasteiger partial charge < -0.3 is 0 Å². The lowest BCUT2D eigenvalue weighted by Gasteiger charge is -2.18. The molecule has 230 valence electrons. The Hall–Kier alpha value is -0.820. The van der Waals surface area contributed by atoms with Crippen molar-refractivity contribution in [2.24, 2.45) is 0 Å². The largest absolute Gasteiger partial charge is 0.276 e. The molecule has 0 saturated heterocycles. The Morgan fingerprint density at radius 1 is 0.333 bits per heavy atom. The Kier molecular flexibility index (Phi) is 31.0. The van der Waals surface area contributed by atoms with Gasteiger partial charge >= 0.3 is 0 Å². The summed E-state index contributed by atoms with van der Waals surface area (Å²) in [5.74, 6) is 0. The number of quaternary nitrogens is 1. The first kappa shape index (κ1) is 38.2. The van der Waals surface area contributed by atoms with Crippen molar-refractivity contribution in [3.63, 3.8) is 0 Å². The lowest BCUT2D eigenvalue weighted by atomic mass is 10.0. The number of rotatable bonds is 31. The monoisotopic (exact) mass is 545 g/mol. The SMILES string of the molecule is CCCCCCCCCCCCCCC=CC=C[N+](C)(C)C=CCCCCCCCCCCCCCCCC. The van der Waals surface area contributed by atoms with Gasteiger partial charge in [0.2, 0.25) is 0 Å². The van der Waals surface area contributed by atoms with Gasteiger partial charge in [-0.05, 0) is 37.8 Å². The molecule has 0 fully saturated rings. The first-order valence-electron chi connectivity index (χ1n) is 18.0. The summed E-state index contributed by atoms with van der Waals surface area (Å²) >= 11 is 0. The number of unbranched alkanes of at least 4 members (excludes halogenated alkanes) is 26. The minimum absolute atomic E-state index is 0.835. The lowest BCUT2D eigenvalue weighted by Crippen LogP contribution is -2.25. The highest BCUT2D eigenvalue weighted by Crippen LogP contribution is 2.15. The molecule has 0 aliphatic heterocycles. The fourth-order valence-electron chi connectivity index (χ4n) is 5.40. The van der Waals surface area contributed by atoms with E-state index < -0.39 is 0 Å². The average Bonchev–Trinajstić information content (AvgIpc) is 2.92. The van der Waals surface area contributed by atoms with E-state index in [1.165, 1.54) is 180 Å². The van der Waals surface area contributed by atoms with Crippen LogP contribution in [0, 0.1) is 0 Å². The first-order valence-corrected chi connectivity index (χ1v) is 18.0. The van der Waals surface area contributed by atoms with Gasteiger partial charge in [0.15, 0.2) is 0 Å². The van der Waals surface area contributed by atoms with Gasteiger partial charge in [-0.3, -0.25) is 4.48 Å². The molecular formula is C38H74N+. The minimum atomic E-state index is 0.835. The average molecular weight is 545 g/mol. The van der Waals surface area contributed by atoms with Gasteiger partial charge in [-0.1, -0.05) is 180 Å². The van der Waals surface area contributed by atoms with Crippen molar-refractivity contribution in [3.8, 4) is 0 Å². The fraction of sp³-hybridized carbons (Fsp3) is 0.842. The Balaban J connectivity index is 3.49. The number of hydrogen-bond acceptors (Lipinski definition) is 0. The summed E-state index contributed by atoms with van der Waals surface area (Å²) in [7, 11) is 4.52. The molecular weight excluding hydrogens is 470 g/mol. The highest BCUT2D eigenvalue weighted by Gasteiger charge is 2.04. The van der Waals surface area contributed by atoms with Crippen molar-refractivity contribution in [2.75, 3.05) is 14.1 Å². The lowest BCUT2D eigenvalue weighted by molar-refractivity contribution is -0.784. The molecule has 39 heavy (non-hydrogen) atoms. The first-order chi connectivity index (χ1) is 19.1. The topological polar surface area (TPSA) is 0 Å². The molecule has 0 aromatic heterocycles. The Bertz CT molecular complexity index is 541. The maximum Gasteiger partial charge on any atom is 0.1000 e. The second-order valence-corrected chi connectivity index (χ2v) is 12.8. The molecule has 0 aromatic rings. The maximum absolute atomic E-state index is 2.39. The van der Waals surface area contributed by atoms with Crippen LogP contribution in [0.2, 0.25) is 0 Å². The number of allylic oxidation sites excluding steroid dienone is 4. The Morgan fingerprint density at radius 2 is 0.641 bits per heavy atom. The molecule has 0 aromatic carbocycles. The standard InChI is InChI=1S/C38H74N/c1-5-7-9-11-13-15-17-19-21-23-25-27-29-31-33-35-37-39(3,4)38-36-34-32-30-28-26-24-22-20-18-16-14-12-10-8-6-2/h31,33,35-38H,5-30,32,34H2,1-4H3/q+1. The molecule has 0 aliphatic carbocycles. The summed E-state index contributed by atoms with van der Waals surface area (Å²) < 4.78 is 0.835. The van der Waals surface area contributed by atoms with Gasteiger partial charge in [0.05, 0.1) is 26.5 Å². The molecule has 0 aliphatic rings. The molecule has 0 bridgehead atoms. The Morgan fingerprint density at radius 3 is 1.00 bits per heavy atom. The number of hydrogen-bond donors (Lipinski definition) is 0. The second kappa shape index (κ2) is 31.7. The summed E-state index contributed by atoms with van der Waals surface area (Å²) in [5.41, 5.74) is 0. The van der Waals surface area contributed by atoms with Crippen molar-refractivity contribution >= 4 is 0 Å². The highest BCUT2D eigenvalue weighted by atomic mass is 15.3. The summed E-state index contributed by atoms with van der Waals surface area (Å²) in [4.78, 5) is 0. The normalized spacial score (nSPS) is 12.6. The van der Waals surface area contributed by atoms with Crippen LogP contribution in [-0.2, 0) is 0 Å². The van der Waals surface area contributed by atoms with Crippen LogP contribution in [-0.4, -0.2) is 18.6 Å². The van der Waals surface area contributed by atoms with Gasteiger partial charge in [-0.15, -0.1) is 0 Å². The molecule has 1 heteroatoms. The van der Waals surface area contributed by atoms with E-state index in [0.717, 1.165) is 4.48 Å². The summed E-state index contributed by atoms with van der Waals surface area (Å²) in [5, 5.41) is 0. The zero-order chi connectivity index (χ0) is 28.5. The van der Waals surface area contributed by atoms with E-state index in [-0.39, 0.29) is 0 Å². The van der Waals surface area contributed by atoms with Crippen molar-refractivity contribution in [1.82, 2.24) is 0 Å². The summed E-state index contributed by atoms with van der Waals surface area (Å²) in [6.45, 7) is 4.60. The van der Waals surface area contributed by atoms with E-state index in [2.05, 4.69) is 64.6 Å². The van der Waals surface area contributed by atoms with E-state index in [4.69, 9.17) is 0 Å². The second-order valence-electron chi connectivity index (χ2n) is 12.8. The smallest absolute Gasteiger partial charge is 0.1000 e. The van der Waals surface area contributed by atoms with Crippen LogP contribution < -0.4 is 0 Å². The highest BCUT2D eigenvalue weighted by molar-refractivity contribution is 5.00. The molecule has 0 unspecified atom stereocenters. The van der Waals surface area contributed by atoms with E-state index in [1.54, 1.807) is 0 Å². The van der Waals surface area contributed by atoms with Gasteiger partial charge in [0, 0.05) is 0 Å². The fourth-order valence-corrected chi connectivity index (χ4v) is 5.40. The molecule has 0 spiro atoms. The van der Waals surface area contributed by atoms with Crippen molar-refractivity contribution in [1.29, 1.82) is 0 Å². The van der Waals surface area contributed by atoms with Crippen molar-refractivity contribution < 1.29 is 4.48 Å². The van der Waals surface area contributed by atoms with Crippen LogP contribution in [0.1, 0.15) is 194 Å². The third-order valence-corrected chi connectivity index (χ3v) is 8.16. The number of nitrogens with zero attached hydrogens (tertiary/aromatic N) is 1. The molecule has 0 N–H and O–H groups in total. The van der Waals surface area contributed by atoms with Crippen molar-refractivity contribution in [2.45, 2.75) is 194 Å². The zero-order valence-electron chi connectivity index (χ0n) is 27.7. The third kappa shape index (κ3) is 33.3. The predicted molar refractivity (Wildman–Crippen MR) is 180 cm³/mol. The molecule has 0 rings (SSSR count). The van der Waals surface area contributed by atoms with E-state index in [1.807, 2.05) is 0 Å². The minimum Gasteiger partial charge on any atom is -0.276 e. The van der Waals surface area contributed by atoms with Crippen LogP contribution in [0.15, 0.2) is 36.7 Å². The van der Waals surface area contributed by atoms with E-state index >= 15 is 0 Å². The molecule has 0 heterocycles. The van der Waals surface area contributed by atoms with Gasteiger partial charge in [0.1, 0.15) is 0 Å². The molecule has 0 amide bonds. The van der Waals surface area contributed by atoms with Crippen LogP contribution in [0.25, 0.3) is 0 Å². The quantitative estimate of drug-likeness (QED) is 0.0462. The molecule has 0 atom stereocenters. The van der Waals surface area contributed by atoms with Gasteiger partial charge in [-0.2, -0.15) is 0 Å². The molecule has 1 nitrogen and oxygen atoms in total. The van der Waals surface area contributed by atoms with Crippen LogP contribution >= 0.6 is 0 Å². The maximum atomic E-state index is 2.39. The third-order valence-electron chi connectivity index (χ3n) is 8.16. The van der Waals surface area contributed by atoms with E-state index in [9.17, 15) is 0 Å². The van der Waals surface area contributed by atoms with E-state index in [0.29, 0.717) is 0 Å². The summed E-state index contributed by atoms with van der Waals surface area (Å²) in [6.07, 6.45) is 53.5. The Labute approximate surface area is 248 Å². The van der Waals surface area contributed by atoms with Gasteiger partial charge in [0.25, 0.3) is 0 Å². The summed E-state index contributed by atoms with van der Waals surface area (Å²) in [6, 6.07) is 0. The van der Waals surface area contributed by atoms with Crippen LogP contribution in [0.3, 0.4) is 0 Å². The molecule has 0 saturated carbocycles. The van der Waals surface area contributed by atoms with Gasteiger partial charge in [-0.25, -0.2) is 0 Å². The predicted octanol–water partition coefficient (Wildman–Crippen LogP) is 13.6. The van der Waals surface area contributed by atoms with Crippen LogP contribution in [0.4, 0.5) is 0 Å².